The second-order valence-electron chi connectivity index (χ2n) is 10.4. The summed E-state index contributed by atoms with van der Waals surface area (Å²) in [7, 11) is 0. The van der Waals surface area contributed by atoms with Crippen LogP contribution >= 0.6 is 0 Å². The molecule has 6 rings (SSSR count). The molecule has 0 radical (unpaired) electrons. The van der Waals surface area contributed by atoms with Crippen LogP contribution in [0.25, 0.3) is 22.4 Å². The minimum Gasteiger partial charge on any atom is -0.478 e. The summed E-state index contributed by atoms with van der Waals surface area (Å²) in [6, 6.07) is 35.5. The Morgan fingerprint density at radius 1 is 0.846 bits per heavy atom. The molecule has 0 saturated heterocycles. The molecule has 0 atom stereocenters. The van der Waals surface area contributed by atoms with Crippen LogP contribution in [0.4, 0.5) is 0 Å². The minimum absolute atomic E-state index is 0.103. The molecule has 0 bridgehead atoms. The Balaban J connectivity index is 1.29. The van der Waals surface area contributed by atoms with Gasteiger partial charge in [-0.3, -0.25) is 0 Å². The van der Waals surface area contributed by atoms with Gasteiger partial charge in [-0.15, -0.1) is 0 Å². The molecule has 1 aliphatic rings. The van der Waals surface area contributed by atoms with E-state index in [4.69, 9.17) is 4.98 Å². The van der Waals surface area contributed by atoms with Crippen LogP contribution in [0.3, 0.4) is 0 Å². The van der Waals surface area contributed by atoms with Gasteiger partial charge in [-0.2, -0.15) is 0 Å². The maximum Gasteiger partial charge on any atom is 0.335 e. The van der Waals surface area contributed by atoms with Crippen molar-refractivity contribution in [2.45, 2.75) is 50.7 Å². The predicted octanol–water partition coefficient (Wildman–Crippen LogP) is 7.79. The summed E-state index contributed by atoms with van der Waals surface area (Å²) in [4.78, 5) is 16.6. The van der Waals surface area contributed by atoms with E-state index in [1.807, 2.05) is 18.2 Å². The average Bonchev–Trinajstić information content (AvgIpc) is 3.38. The van der Waals surface area contributed by atoms with Crippen LogP contribution in [-0.2, 0) is 6.54 Å². The van der Waals surface area contributed by atoms with E-state index in [1.54, 1.807) is 12.1 Å². The Bertz CT molecular complexity index is 1510. The second kappa shape index (κ2) is 11.3. The van der Waals surface area contributed by atoms with Crippen molar-refractivity contribution in [3.05, 3.63) is 125 Å². The van der Waals surface area contributed by atoms with Crippen molar-refractivity contribution in [3.8, 4) is 11.4 Å². The van der Waals surface area contributed by atoms with E-state index in [-0.39, 0.29) is 11.6 Å². The Morgan fingerprint density at radius 3 is 2.10 bits per heavy atom. The molecule has 1 fully saturated rings. The normalized spacial score (nSPS) is 14.2. The van der Waals surface area contributed by atoms with Crippen molar-refractivity contribution in [1.29, 1.82) is 0 Å². The number of nitrogens with zero attached hydrogens (tertiary/aromatic N) is 2. The number of aromatic carboxylic acids is 1. The first-order valence-corrected chi connectivity index (χ1v) is 13.9. The van der Waals surface area contributed by atoms with Crippen LogP contribution in [0.2, 0.25) is 0 Å². The average molecular weight is 516 g/mol. The van der Waals surface area contributed by atoms with E-state index in [1.165, 1.54) is 36.0 Å². The fraction of sp³-hybridized carbons (Fsp3) is 0.235. The summed E-state index contributed by atoms with van der Waals surface area (Å²) in [6.45, 7) is 0.732. The summed E-state index contributed by atoms with van der Waals surface area (Å²) in [5.41, 5.74) is 6.76. The zero-order valence-corrected chi connectivity index (χ0v) is 22.0. The lowest BCUT2D eigenvalue weighted by atomic mass is 9.94. The summed E-state index contributed by atoms with van der Waals surface area (Å²) in [6.07, 6.45) is 5.95. The highest BCUT2D eigenvalue weighted by molar-refractivity contribution is 5.93. The number of fused-ring (bicyclic) bond motifs is 1. The first kappa shape index (κ1) is 25.1. The van der Waals surface area contributed by atoms with Crippen LogP contribution < -0.4 is 5.32 Å². The zero-order chi connectivity index (χ0) is 26.6. The van der Waals surface area contributed by atoms with Gasteiger partial charge in [0.1, 0.15) is 5.82 Å². The van der Waals surface area contributed by atoms with E-state index in [0.717, 1.165) is 41.8 Å². The van der Waals surface area contributed by atoms with E-state index in [9.17, 15) is 9.90 Å². The van der Waals surface area contributed by atoms with Gasteiger partial charge in [0.2, 0.25) is 0 Å². The van der Waals surface area contributed by atoms with Gasteiger partial charge in [-0.05, 0) is 47.7 Å². The molecule has 0 aliphatic heterocycles. The number of carboxylic acid groups (broad SMARTS) is 1. The largest absolute Gasteiger partial charge is 0.478 e. The Labute approximate surface area is 229 Å². The van der Waals surface area contributed by atoms with Gasteiger partial charge in [-0.1, -0.05) is 104 Å². The van der Waals surface area contributed by atoms with Gasteiger partial charge in [0.05, 0.1) is 22.6 Å². The van der Waals surface area contributed by atoms with E-state index in [0.29, 0.717) is 6.04 Å². The molecular formula is C34H33N3O2. The van der Waals surface area contributed by atoms with Gasteiger partial charge < -0.3 is 15.0 Å². The number of rotatable bonds is 8. The van der Waals surface area contributed by atoms with Crippen LogP contribution in [0.5, 0.6) is 0 Å². The highest BCUT2D eigenvalue weighted by Crippen LogP contribution is 2.36. The number of aromatic nitrogens is 2. The molecule has 1 aliphatic carbocycles. The minimum atomic E-state index is -0.924. The van der Waals surface area contributed by atoms with Gasteiger partial charge in [0.25, 0.3) is 0 Å². The number of carboxylic acids is 1. The molecule has 5 heteroatoms. The number of hydrogen-bond donors (Lipinski definition) is 2. The molecular weight excluding hydrogens is 482 g/mol. The van der Waals surface area contributed by atoms with Gasteiger partial charge in [0.15, 0.2) is 0 Å². The SMILES string of the molecule is O=C(O)c1ccc2c(c1)nc(-c1ccc(CNC(c3ccccc3)c3ccccc3)cc1)n2C1CCCCC1. The van der Waals surface area contributed by atoms with Crippen molar-refractivity contribution < 1.29 is 9.90 Å². The van der Waals surface area contributed by atoms with Crippen molar-refractivity contribution in [3.63, 3.8) is 0 Å². The number of hydrogen-bond acceptors (Lipinski definition) is 3. The Morgan fingerprint density at radius 2 is 1.49 bits per heavy atom. The molecule has 1 aromatic heterocycles. The van der Waals surface area contributed by atoms with Gasteiger partial charge in [-0.25, -0.2) is 9.78 Å². The van der Waals surface area contributed by atoms with E-state index in [2.05, 4.69) is 82.7 Å². The highest BCUT2D eigenvalue weighted by atomic mass is 16.4. The molecule has 1 saturated carbocycles. The molecule has 0 unspecified atom stereocenters. The first-order valence-electron chi connectivity index (χ1n) is 13.9. The quantitative estimate of drug-likeness (QED) is 0.221. The van der Waals surface area contributed by atoms with Crippen LogP contribution in [0.15, 0.2) is 103 Å². The summed E-state index contributed by atoms with van der Waals surface area (Å²) >= 11 is 0. The third-order valence-corrected chi connectivity index (χ3v) is 7.86. The van der Waals surface area contributed by atoms with Crippen LogP contribution in [-0.4, -0.2) is 20.6 Å². The fourth-order valence-electron chi connectivity index (χ4n) is 5.86. The van der Waals surface area contributed by atoms with Crippen molar-refractivity contribution in [1.82, 2.24) is 14.9 Å². The van der Waals surface area contributed by atoms with Crippen molar-refractivity contribution >= 4 is 17.0 Å². The maximum absolute atomic E-state index is 11.6. The summed E-state index contributed by atoms with van der Waals surface area (Å²) < 4.78 is 2.36. The number of nitrogens with one attached hydrogen (secondary N) is 1. The maximum atomic E-state index is 11.6. The molecule has 4 aromatic carbocycles. The highest BCUT2D eigenvalue weighted by Gasteiger charge is 2.23. The predicted molar refractivity (Wildman–Crippen MR) is 156 cm³/mol. The molecule has 5 nitrogen and oxygen atoms in total. The molecule has 5 aromatic rings. The lowest BCUT2D eigenvalue weighted by Gasteiger charge is -2.25. The van der Waals surface area contributed by atoms with Gasteiger partial charge in [0, 0.05) is 18.2 Å². The summed E-state index contributed by atoms with van der Waals surface area (Å²) in [5.74, 6) is -0.00257. The molecule has 0 amide bonds. The van der Waals surface area contributed by atoms with E-state index < -0.39 is 5.97 Å². The van der Waals surface area contributed by atoms with Crippen LogP contribution in [0, 0.1) is 0 Å². The molecule has 0 spiro atoms. The van der Waals surface area contributed by atoms with Crippen molar-refractivity contribution in [2.75, 3.05) is 0 Å². The zero-order valence-electron chi connectivity index (χ0n) is 22.0. The molecule has 196 valence electrons. The molecule has 39 heavy (non-hydrogen) atoms. The Hall–Kier alpha value is -4.22. The molecule has 2 N–H and O–H groups in total. The standard InChI is InChI=1S/C34H33N3O2/c38-34(39)28-20-21-31-30(22-28)36-33(37(31)29-14-8-3-9-15-29)27-18-16-24(17-19-27)23-35-32(25-10-4-1-5-11-25)26-12-6-2-7-13-26/h1-2,4-7,10-13,16-22,29,32,35H,3,8-9,14-15,23H2,(H,38,39). The number of benzene rings is 4. The van der Waals surface area contributed by atoms with Crippen LogP contribution in [0.1, 0.15) is 71.2 Å². The topological polar surface area (TPSA) is 67.2 Å². The first-order chi connectivity index (χ1) is 19.2. The van der Waals surface area contributed by atoms with Crippen molar-refractivity contribution in [2.24, 2.45) is 0 Å². The summed E-state index contributed by atoms with van der Waals surface area (Å²) in [5, 5.41) is 13.3. The third-order valence-electron chi connectivity index (χ3n) is 7.86. The Kier molecular flexibility index (Phi) is 7.24. The number of imidazole rings is 1. The third kappa shape index (κ3) is 5.36. The smallest absolute Gasteiger partial charge is 0.335 e. The second-order valence-corrected chi connectivity index (χ2v) is 10.4. The molecule has 1 heterocycles. The van der Waals surface area contributed by atoms with E-state index >= 15 is 0 Å². The lowest BCUT2D eigenvalue weighted by Crippen LogP contribution is -2.22. The lowest BCUT2D eigenvalue weighted by molar-refractivity contribution is 0.0697. The monoisotopic (exact) mass is 515 g/mol. The number of carbonyl (C=O) groups is 1. The van der Waals surface area contributed by atoms with Gasteiger partial charge >= 0.3 is 5.97 Å². The fourth-order valence-corrected chi connectivity index (χ4v) is 5.86.